The van der Waals surface area contributed by atoms with Crippen molar-refractivity contribution in [2.45, 2.75) is 19.2 Å². The van der Waals surface area contributed by atoms with Gasteiger partial charge in [-0.1, -0.05) is 29.3 Å². The van der Waals surface area contributed by atoms with Crippen molar-refractivity contribution in [1.82, 2.24) is 9.88 Å². The van der Waals surface area contributed by atoms with Crippen LogP contribution in [-0.4, -0.2) is 47.1 Å². The van der Waals surface area contributed by atoms with Gasteiger partial charge in [-0.15, -0.1) is 13.2 Å². The summed E-state index contributed by atoms with van der Waals surface area (Å²) in [5.74, 6) is -0.549. The molecule has 166 valence electrons. The Labute approximate surface area is 186 Å². The van der Waals surface area contributed by atoms with Crippen molar-refractivity contribution in [3.8, 4) is 5.75 Å². The average Bonchev–Trinajstić information content (AvgIpc) is 2.70. The lowest BCUT2D eigenvalue weighted by molar-refractivity contribution is -0.274. The molecule has 2 heterocycles. The van der Waals surface area contributed by atoms with E-state index >= 15 is 0 Å². The average molecular weight is 476 g/mol. The minimum absolute atomic E-state index is 0.00736. The number of nitrogens with zero attached hydrogens (tertiary/aromatic N) is 2. The summed E-state index contributed by atoms with van der Waals surface area (Å²) in [5, 5.41) is 11.8. The Hall–Kier alpha value is -2.49. The fourth-order valence-electron chi connectivity index (χ4n) is 3.04. The summed E-state index contributed by atoms with van der Waals surface area (Å²) in [5.41, 5.74) is 2.61. The van der Waals surface area contributed by atoms with Crippen molar-refractivity contribution in [3.05, 3.63) is 57.8 Å². The van der Waals surface area contributed by atoms with Crippen molar-refractivity contribution in [2.24, 2.45) is 0 Å². The molecule has 31 heavy (non-hydrogen) atoms. The SMILES string of the molecule is O=C(Nc1ccc(OC(F)(F)F)c(Cl)c1)N1CC=C(c2ncc(CCO)cc2Cl)CC1. The summed E-state index contributed by atoms with van der Waals surface area (Å²) in [6.07, 6.45) is -0.363. The van der Waals surface area contributed by atoms with Gasteiger partial charge in [0, 0.05) is 31.6 Å². The Kier molecular flexibility index (Phi) is 7.30. The van der Waals surface area contributed by atoms with Gasteiger partial charge in [-0.05, 0) is 48.2 Å². The second kappa shape index (κ2) is 9.76. The monoisotopic (exact) mass is 475 g/mol. The second-order valence-corrected chi connectivity index (χ2v) is 7.51. The van der Waals surface area contributed by atoms with E-state index in [4.69, 9.17) is 28.3 Å². The van der Waals surface area contributed by atoms with Gasteiger partial charge >= 0.3 is 12.4 Å². The minimum Gasteiger partial charge on any atom is -0.404 e. The molecule has 2 N–H and O–H groups in total. The number of alkyl halides is 3. The molecule has 3 rings (SSSR count). The fraction of sp³-hybridized carbons (Fsp3) is 0.300. The number of amides is 2. The zero-order chi connectivity index (χ0) is 22.6. The number of carbonyl (C=O) groups is 1. The van der Waals surface area contributed by atoms with E-state index in [-0.39, 0.29) is 17.3 Å². The van der Waals surface area contributed by atoms with Crippen LogP contribution in [-0.2, 0) is 6.42 Å². The number of anilines is 1. The lowest BCUT2D eigenvalue weighted by Crippen LogP contribution is -2.38. The smallest absolute Gasteiger partial charge is 0.404 e. The molecule has 0 unspecified atom stereocenters. The normalized spacial score (nSPS) is 14.3. The van der Waals surface area contributed by atoms with Crippen LogP contribution in [0.5, 0.6) is 5.75 Å². The highest BCUT2D eigenvalue weighted by molar-refractivity contribution is 6.32. The van der Waals surface area contributed by atoms with Crippen molar-refractivity contribution >= 4 is 40.5 Å². The number of ether oxygens (including phenoxy) is 1. The van der Waals surface area contributed by atoms with Crippen molar-refractivity contribution in [2.75, 3.05) is 25.0 Å². The van der Waals surface area contributed by atoms with E-state index in [1.807, 2.05) is 6.08 Å². The highest BCUT2D eigenvalue weighted by Gasteiger charge is 2.32. The number of nitrogens with one attached hydrogen (secondary N) is 1. The number of benzene rings is 1. The molecule has 2 aromatic rings. The summed E-state index contributed by atoms with van der Waals surface area (Å²) < 4.78 is 40.8. The molecule has 1 aromatic carbocycles. The largest absolute Gasteiger partial charge is 0.573 e. The molecule has 11 heteroatoms. The molecule has 2 amide bonds. The van der Waals surface area contributed by atoms with Crippen LogP contribution in [0.3, 0.4) is 0 Å². The minimum atomic E-state index is -4.86. The first kappa shape index (κ1) is 23.2. The maximum absolute atomic E-state index is 12.5. The summed E-state index contributed by atoms with van der Waals surface area (Å²) in [6.45, 7) is 0.713. The summed E-state index contributed by atoms with van der Waals surface area (Å²) in [4.78, 5) is 18.4. The van der Waals surface area contributed by atoms with Gasteiger partial charge in [-0.25, -0.2) is 4.79 Å². The van der Waals surface area contributed by atoms with Crippen LogP contribution in [0.15, 0.2) is 36.5 Å². The van der Waals surface area contributed by atoms with E-state index < -0.39 is 18.1 Å². The Morgan fingerprint density at radius 2 is 2.03 bits per heavy atom. The number of pyridine rings is 1. The van der Waals surface area contributed by atoms with Crippen LogP contribution in [0.1, 0.15) is 17.7 Å². The number of carbonyl (C=O) groups excluding carboxylic acids is 1. The van der Waals surface area contributed by atoms with Gasteiger partial charge < -0.3 is 20.1 Å². The number of rotatable bonds is 5. The van der Waals surface area contributed by atoms with E-state index in [9.17, 15) is 18.0 Å². The predicted octanol–water partition coefficient (Wildman–Crippen LogP) is 5.14. The van der Waals surface area contributed by atoms with E-state index in [2.05, 4.69) is 15.0 Å². The van der Waals surface area contributed by atoms with Gasteiger partial charge in [0.05, 0.1) is 15.7 Å². The highest BCUT2D eigenvalue weighted by Crippen LogP contribution is 2.32. The molecule has 0 spiro atoms. The quantitative estimate of drug-likeness (QED) is 0.627. The summed E-state index contributed by atoms with van der Waals surface area (Å²) in [6, 6.07) is 4.83. The maximum Gasteiger partial charge on any atom is 0.573 e. The maximum atomic E-state index is 12.5. The molecule has 0 radical (unpaired) electrons. The molecule has 1 aliphatic heterocycles. The number of urea groups is 1. The standard InChI is InChI=1S/C20H18Cl2F3N3O3/c21-15-10-14(1-2-17(15)31-20(23,24)25)27-19(30)28-6-3-13(4-7-28)18-16(22)9-12(5-8-29)11-26-18/h1-3,9-11,29H,4-8H2,(H,27,30). The molecule has 1 aromatic heterocycles. The molecule has 0 aliphatic carbocycles. The number of hydrogen-bond acceptors (Lipinski definition) is 4. The molecule has 1 aliphatic rings. The van der Waals surface area contributed by atoms with Crippen LogP contribution in [0, 0.1) is 0 Å². The molecule has 0 saturated carbocycles. The number of aromatic nitrogens is 1. The first-order chi connectivity index (χ1) is 14.7. The van der Waals surface area contributed by atoms with E-state index in [0.29, 0.717) is 36.6 Å². The summed E-state index contributed by atoms with van der Waals surface area (Å²) in [7, 11) is 0. The third-order valence-electron chi connectivity index (χ3n) is 4.51. The Bertz CT molecular complexity index is 999. The topological polar surface area (TPSA) is 74.7 Å². The zero-order valence-electron chi connectivity index (χ0n) is 16.0. The van der Waals surface area contributed by atoms with E-state index in [1.54, 1.807) is 12.3 Å². The van der Waals surface area contributed by atoms with Crippen LogP contribution >= 0.6 is 23.2 Å². The number of halogens is 5. The fourth-order valence-corrected chi connectivity index (χ4v) is 3.57. The first-order valence-electron chi connectivity index (χ1n) is 9.22. The first-order valence-corrected chi connectivity index (χ1v) is 9.98. The number of aliphatic hydroxyl groups excluding tert-OH is 1. The molecule has 0 bridgehead atoms. The van der Waals surface area contributed by atoms with Crippen molar-refractivity contribution < 1.29 is 27.8 Å². The summed E-state index contributed by atoms with van der Waals surface area (Å²) >= 11 is 12.1. The lowest BCUT2D eigenvalue weighted by Gasteiger charge is -2.27. The molecule has 0 fully saturated rings. The third kappa shape index (κ3) is 6.25. The molecular formula is C20H18Cl2F3N3O3. The van der Waals surface area contributed by atoms with Gasteiger partial charge in [0.25, 0.3) is 0 Å². The van der Waals surface area contributed by atoms with E-state index in [1.165, 1.54) is 17.0 Å². The lowest BCUT2D eigenvalue weighted by atomic mass is 10.0. The van der Waals surface area contributed by atoms with Crippen LogP contribution in [0.4, 0.5) is 23.7 Å². The van der Waals surface area contributed by atoms with Crippen LogP contribution < -0.4 is 10.1 Å². The van der Waals surface area contributed by atoms with Crippen molar-refractivity contribution in [1.29, 1.82) is 0 Å². The Morgan fingerprint density at radius 3 is 2.61 bits per heavy atom. The molecule has 0 atom stereocenters. The van der Waals surface area contributed by atoms with E-state index in [0.717, 1.165) is 17.2 Å². The molecule has 6 nitrogen and oxygen atoms in total. The number of aliphatic hydroxyl groups is 1. The van der Waals surface area contributed by atoms with Gasteiger partial charge in [-0.2, -0.15) is 0 Å². The van der Waals surface area contributed by atoms with Crippen molar-refractivity contribution in [3.63, 3.8) is 0 Å². The Balaban J connectivity index is 1.62. The van der Waals surface area contributed by atoms with Gasteiger partial charge in [0.15, 0.2) is 0 Å². The third-order valence-corrected chi connectivity index (χ3v) is 5.09. The van der Waals surface area contributed by atoms with Gasteiger partial charge in [0.1, 0.15) is 5.75 Å². The Morgan fingerprint density at radius 1 is 1.26 bits per heavy atom. The predicted molar refractivity (Wildman–Crippen MR) is 111 cm³/mol. The molecular weight excluding hydrogens is 458 g/mol. The number of hydrogen-bond donors (Lipinski definition) is 2. The highest BCUT2D eigenvalue weighted by atomic mass is 35.5. The zero-order valence-corrected chi connectivity index (χ0v) is 17.6. The van der Waals surface area contributed by atoms with Crippen LogP contribution in [0.2, 0.25) is 10.0 Å². The second-order valence-electron chi connectivity index (χ2n) is 6.70. The molecule has 0 saturated heterocycles. The van der Waals surface area contributed by atoms with Gasteiger partial charge in [-0.3, -0.25) is 4.98 Å². The van der Waals surface area contributed by atoms with Crippen LogP contribution in [0.25, 0.3) is 5.57 Å². The van der Waals surface area contributed by atoms with Gasteiger partial charge in [0.2, 0.25) is 0 Å².